The molecule has 60 valence electrons. The first-order chi connectivity index (χ1) is 4.88. The number of nitrogens with two attached hydrogens (primary N) is 1. The topological polar surface area (TPSA) is 26.0 Å². The number of hydrogen-bond donors (Lipinski definition) is 1. The van der Waals surface area contributed by atoms with Crippen LogP contribution < -0.4 is 5.73 Å². The quantitative estimate of drug-likeness (QED) is 0.638. The van der Waals surface area contributed by atoms with Crippen molar-refractivity contribution in [3.05, 3.63) is 0 Å². The van der Waals surface area contributed by atoms with Crippen LogP contribution in [0.15, 0.2) is 0 Å². The molecule has 1 heteroatoms. The van der Waals surface area contributed by atoms with Gasteiger partial charge in [0.15, 0.2) is 0 Å². The van der Waals surface area contributed by atoms with Crippen LogP contribution in [0.4, 0.5) is 0 Å². The van der Waals surface area contributed by atoms with E-state index in [9.17, 15) is 0 Å². The normalized spacial score (nSPS) is 22.2. The molecular weight excluding hydrogens is 122 g/mol. The van der Waals surface area contributed by atoms with Gasteiger partial charge in [0.25, 0.3) is 0 Å². The van der Waals surface area contributed by atoms with E-state index in [1.807, 2.05) is 0 Å². The Balaban J connectivity index is 2.17. The molecule has 0 aromatic heterocycles. The Labute approximate surface area is 64.0 Å². The predicted molar refractivity (Wildman–Crippen MR) is 44.8 cm³/mol. The second kappa shape index (κ2) is 3.97. The Morgan fingerprint density at radius 2 is 2.20 bits per heavy atom. The van der Waals surface area contributed by atoms with Gasteiger partial charge in [0.1, 0.15) is 0 Å². The van der Waals surface area contributed by atoms with Crippen LogP contribution in [0.3, 0.4) is 0 Å². The Morgan fingerprint density at radius 3 is 2.50 bits per heavy atom. The van der Waals surface area contributed by atoms with Gasteiger partial charge < -0.3 is 5.73 Å². The molecule has 0 heterocycles. The zero-order chi connectivity index (χ0) is 7.40. The molecule has 2 N–H and O–H groups in total. The highest BCUT2D eigenvalue weighted by Gasteiger charge is 2.24. The summed E-state index contributed by atoms with van der Waals surface area (Å²) in [7, 11) is 0. The van der Waals surface area contributed by atoms with Crippen molar-refractivity contribution in [1.29, 1.82) is 0 Å². The van der Waals surface area contributed by atoms with Gasteiger partial charge in [-0.2, -0.15) is 0 Å². The third-order valence-electron chi connectivity index (χ3n) is 2.78. The van der Waals surface area contributed by atoms with E-state index in [4.69, 9.17) is 5.73 Å². The summed E-state index contributed by atoms with van der Waals surface area (Å²) in [4.78, 5) is 0. The highest BCUT2D eigenvalue weighted by molar-refractivity contribution is 4.77. The zero-order valence-electron chi connectivity index (χ0n) is 6.97. The van der Waals surface area contributed by atoms with E-state index in [2.05, 4.69) is 6.92 Å². The number of hydrogen-bond acceptors (Lipinski definition) is 1. The van der Waals surface area contributed by atoms with Crippen molar-refractivity contribution in [3.63, 3.8) is 0 Å². The van der Waals surface area contributed by atoms with E-state index in [0.29, 0.717) is 0 Å². The summed E-state index contributed by atoms with van der Waals surface area (Å²) in [5.41, 5.74) is 5.67. The monoisotopic (exact) mass is 141 g/mol. The van der Waals surface area contributed by atoms with Crippen molar-refractivity contribution in [2.45, 2.75) is 39.0 Å². The van der Waals surface area contributed by atoms with Gasteiger partial charge in [0, 0.05) is 0 Å². The Hall–Kier alpha value is -0.0400. The minimum Gasteiger partial charge on any atom is -0.330 e. The van der Waals surface area contributed by atoms with Crippen molar-refractivity contribution in [3.8, 4) is 0 Å². The van der Waals surface area contributed by atoms with Crippen LogP contribution in [-0.4, -0.2) is 6.54 Å². The van der Waals surface area contributed by atoms with Gasteiger partial charge in [-0.25, -0.2) is 0 Å². The summed E-state index contributed by atoms with van der Waals surface area (Å²) in [6, 6.07) is 0. The Bertz CT molecular complexity index is 86.7. The third-order valence-corrected chi connectivity index (χ3v) is 2.78. The Kier molecular flexibility index (Phi) is 3.20. The summed E-state index contributed by atoms with van der Waals surface area (Å²) in [6.07, 6.45) is 6.99. The second-order valence-electron chi connectivity index (χ2n) is 3.48. The van der Waals surface area contributed by atoms with Crippen LogP contribution >= 0.6 is 0 Å². The van der Waals surface area contributed by atoms with Crippen molar-refractivity contribution in [2.75, 3.05) is 6.54 Å². The van der Waals surface area contributed by atoms with E-state index < -0.39 is 0 Å². The summed E-state index contributed by atoms with van der Waals surface area (Å²) >= 11 is 0. The maximum atomic E-state index is 5.67. The zero-order valence-corrected chi connectivity index (χ0v) is 6.97. The molecule has 1 saturated carbocycles. The first-order valence-corrected chi connectivity index (χ1v) is 4.58. The molecule has 0 radical (unpaired) electrons. The van der Waals surface area contributed by atoms with Crippen LogP contribution in [0.1, 0.15) is 39.0 Å². The molecule has 0 spiro atoms. The molecule has 0 bridgehead atoms. The first kappa shape index (κ1) is 8.06. The van der Waals surface area contributed by atoms with Crippen molar-refractivity contribution in [1.82, 2.24) is 0 Å². The van der Waals surface area contributed by atoms with E-state index in [-0.39, 0.29) is 0 Å². The summed E-state index contributed by atoms with van der Waals surface area (Å²) < 4.78 is 0. The summed E-state index contributed by atoms with van der Waals surface area (Å²) in [5.74, 6) is 1.84. The van der Waals surface area contributed by atoms with Crippen molar-refractivity contribution in [2.24, 2.45) is 17.6 Å². The highest BCUT2D eigenvalue weighted by atomic mass is 14.6. The fourth-order valence-electron chi connectivity index (χ4n) is 1.83. The minimum atomic E-state index is 0.846. The lowest BCUT2D eigenvalue weighted by Crippen LogP contribution is -2.28. The fourth-order valence-corrected chi connectivity index (χ4v) is 1.83. The van der Waals surface area contributed by atoms with E-state index in [1.165, 1.54) is 32.1 Å². The molecule has 1 fully saturated rings. The average molecular weight is 141 g/mol. The summed E-state index contributed by atoms with van der Waals surface area (Å²) in [6.45, 7) is 3.17. The molecule has 0 saturated heterocycles. The lowest BCUT2D eigenvalue weighted by Gasteiger charge is -2.32. The van der Waals surface area contributed by atoms with E-state index in [0.717, 1.165) is 18.4 Å². The van der Waals surface area contributed by atoms with Crippen LogP contribution in [0.2, 0.25) is 0 Å². The Morgan fingerprint density at radius 1 is 1.50 bits per heavy atom. The predicted octanol–water partition coefficient (Wildman–Crippen LogP) is 2.16. The molecule has 0 aromatic rings. The van der Waals surface area contributed by atoms with Gasteiger partial charge in [-0.1, -0.05) is 32.6 Å². The van der Waals surface area contributed by atoms with Gasteiger partial charge in [-0.05, 0) is 24.8 Å². The van der Waals surface area contributed by atoms with E-state index in [1.54, 1.807) is 0 Å². The van der Waals surface area contributed by atoms with Crippen LogP contribution in [0, 0.1) is 11.8 Å². The molecule has 0 aromatic carbocycles. The standard InChI is InChI=1S/C9H19N/c1-2-4-9(7-10)8-5-3-6-8/h8-9H,2-7,10H2,1H3/t9-/m1/s1. The molecule has 10 heavy (non-hydrogen) atoms. The smallest absolute Gasteiger partial charge is 0.00462 e. The molecule has 1 aliphatic carbocycles. The maximum Gasteiger partial charge on any atom is -0.00462 e. The molecule has 0 unspecified atom stereocenters. The lowest BCUT2D eigenvalue weighted by molar-refractivity contribution is 0.200. The molecular formula is C9H19N. The van der Waals surface area contributed by atoms with Crippen LogP contribution in [0.25, 0.3) is 0 Å². The van der Waals surface area contributed by atoms with Gasteiger partial charge in [0.2, 0.25) is 0 Å². The maximum absolute atomic E-state index is 5.67. The van der Waals surface area contributed by atoms with Gasteiger partial charge >= 0.3 is 0 Å². The number of rotatable bonds is 4. The van der Waals surface area contributed by atoms with Crippen LogP contribution in [0.5, 0.6) is 0 Å². The first-order valence-electron chi connectivity index (χ1n) is 4.58. The minimum absolute atomic E-state index is 0.846. The van der Waals surface area contributed by atoms with Gasteiger partial charge in [-0.3, -0.25) is 0 Å². The SMILES string of the molecule is CCC[C@H](CN)C1CCC1. The molecule has 1 aliphatic rings. The van der Waals surface area contributed by atoms with Crippen molar-refractivity contribution >= 4 is 0 Å². The highest BCUT2D eigenvalue weighted by Crippen LogP contribution is 2.34. The molecule has 1 atom stereocenters. The van der Waals surface area contributed by atoms with E-state index >= 15 is 0 Å². The average Bonchev–Trinajstić information content (AvgIpc) is 1.83. The summed E-state index contributed by atoms with van der Waals surface area (Å²) in [5, 5.41) is 0. The second-order valence-corrected chi connectivity index (χ2v) is 3.48. The van der Waals surface area contributed by atoms with Gasteiger partial charge in [0.05, 0.1) is 0 Å². The molecule has 0 amide bonds. The van der Waals surface area contributed by atoms with Gasteiger partial charge in [-0.15, -0.1) is 0 Å². The third kappa shape index (κ3) is 1.72. The molecule has 0 aliphatic heterocycles. The lowest BCUT2D eigenvalue weighted by atomic mass is 9.74. The molecule has 1 nitrogen and oxygen atoms in total. The largest absolute Gasteiger partial charge is 0.330 e. The van der Waals surface area contributed by atoms with Crippen LogP contribution in [-0.2, 0) is 0 Å². The molecule has 1 rings (SSSR count). The fraction of sp³-hybridized carbons (Fsp3) is 1.00. The van der Waals surface area contributed by atoms with Crippen molar-refractivity contribution < 1.29 is 0 Å².